The number of thioether (sulfide) groups is 1. The molecule has 0 bridgehead atoms. The van der Waals surface area contributed by atoms with E-state index in [1.165, 1.54) is 6.42 Å². The first kappa shape index (κ1) is 7.92. The van der Waals surface area contributed by atoms with Crippen LogP contribution in [-0.4, -0.2) is 22.1 Å². The molecule has 0 spiro atoms. The molecule has 1 saturated heterocycles. The van der Waals surface area contributed by atoms with Gasteiger partial charge in [0.1, 0.15) is 0 Å². The summed E-state index contributed by atoms with van der Waals surface area (Å²) < 4.78 is 0. The molecule has 0 aromatic heterocycles. The van der Waals surface area contributed by atoms with Gasteiger partial charge in [-0.25, -0.2) is 0 Å². The van der Waals surface area contributed by atoms with Crippen LogP contribution in [0.1, 0.15) is 19.8 Å². The van der Waals surface area contributed by atoms with Gasteiger partial charge in [-0.3, -0.25) is 4.79 Å². The summed E-state index contributed by atoms with van der Waals surface area (Å²) in [6, 6.07) is 0. The molecular weight excluding hydrogens is 148 g/mol. The minimum Gasteiger partial charge on any atom is -0.481 e. The molecule has 0 radical (unpaired) electrons. The fraction of sp³-hybridized carbons (Fsp3) is 0.857. The smallest absolute Gasteiger partial charge is 0.307 e. The number of carbonyl (C=O) groups is 1. The quantitative estimate of drug-likeness (QED) is 0.666. The second-order valence-electron chi connectivity index (χ2n) is 2.68. The molecule has 0 aromatic rings. The van der Waals surface area contributed by atoms with Gasteiger partial charge >= 0.3 is 5.97 Å². The van der Waals surface area contributed by atoms with Crippen LogP contribution in [0.5, 0.6) is 0 Å². The van der Waals surface area contributed by atoms with E-state index in [0.717, 1.165) is 12.2 Å². The van der Waals surface area contributed by atoms with Gasteiger partial charge in [0, 0.05) is 5.25 Å². The van der Waals surface area contributed by atoms with Gasteiger partial charge in [-0.1, -0.05) is 6.92 Å². The Hall–Kier alpha value is -0.180. The Morgan fingerprint density at radius 1 is 1.80 bits per heavy atom. The maximum atomic E-state index is 10.5. The zero-order valence-corrected chi connectivity index (χ0v) is 6.86. The van der Waals surface area contributed by atoms with Gasteiger partial charge in [-0.15, -0.1) is 0 Å². The van der Waals surface area contributed by atoms with Crippen molar-refractivity contribution in [2.24, 2.45) is 5.92 Å². The molecule has 3 heteroatoms. The number of aliphatic carboxylic acids is 1. The van der Waals surface area contributed by atoms with E-state index in [2.05, 4.69) is 0 Å². The van der Waals surface area contributed by atoms with Gasteiger partial charge in [0.25, 0.3) is 0 Å². The Morgan fingerprint density at radius 2 is 2.50 bits per heavy atom. The van der Waals surface area contributed by atoms with Crippen molar-refractivity contribution in [3.63, 3.8) is 0 Å². The van der Waals surface area contributed by atoms with Crippen LogP contribution >= 0.6 is 11.8 Å². The maximum Gasteiger partial charge on any atom is 0.307 e. The third-order valence-electron chi connectivity index (χ3n) is 1.91. The van der Waals surface area contributed by atoms with Crippen molar-refractivity contribution in [2.75, 3.05) is 5.75 Å². The van der Waals surface area contributed by atoms with E-state index in [1.54, 1.807) is 18.7 Å². The lowest BCUT2D eigenvalue weighted by Gasteiger charge is -2.12. The molecule has 0 amide bonds. The van der Waals surface area contributed by atoms with Crippen LogP contribution in [0.25, 0.3) is 0 Å². The molecule has 1 aliphatic heterocycles. The van der Waals surface area contributed by atoms with Gasteiger partial charge in [0.05, 0.1) is 5.92 Å². The highest BCUT2D eigenvalue weighted by atomic mass is 32.2. The first-order valence-electron chi connectivity index (χ1n) is 3.56. The SMILES string of the molecule is CC(C(=O)O)C1CCCS1. The van der Waals surface area contributed by atoms with Gasteiger partial charge in [-0.2, -0.15) is 11.8 Å². The highest BCUT2D eigenvalue weighted by Crippen LogP contribution is 2.31. The van der Waals surface area contributed by atoms with E-state index in [-0.39, 0.29) is 5.92 Å². The fourth-order valence-electron chi connectivity index (χ4n) is 1.16. The van der Waals surface area contributed by atoms with Gasteiger partial charge in [0.15, 0.2) is 0 Å². The topological polar surface area (TPSA) is 37.3 Å². The molecule has 1 fully saturated rings. The Morgan fingerprint density at radius 3 is 2.90 bits per heavy atom. The summed E-state index contributed by atoms with van der Waals surface area (Å²) in [5.74, 6) is 0.328. The molecule has 10 heavy (non-hydrogen) atoms. The summed E-state index contributed by atoms with van der Waals surface area (Å²) in [5.41, 5.74) is 0. The molecule has 2 nitrogen and oxygen atoms in total. The zero-order chi connectivity index (χ0) is 7.56. The minimum atomic E-state index is -0.653. The maximum absolute atomic E-state index is 10.5. The standard InChI is InChI=1S/C7H12O2S/c1-5(7(8)9)6-3-2-4-10-6/h5-6H,2-4H2,1H3,(H,8,9). The summed E-state index contributed by atoms with van der Waals surface area (Å²) in [6.07, 6.45) is 2.27. The number of carboxylic acids is 1. The average Bonchev–Trinajstić information content (AvgIpc) is 2.36. The number of rotatable bonds is 2. The predicted molar refractivity (Wildman–Crippen MR) is 42.3 cm³/mol. The van der Waals surface area contributed by atoms with E-state index in [1.807, 2.05) is 0 Å². The van der Waals surface area contributed by atoms with Crippen LogP contribution < -0.4 is 0 Å². The zero-order valence-electron chi connectivity index (χ0n) is 6.04. The van der Waals surface area contributed by atoms with Gasteiger partial charge in [-0.05, 0) is 18.6 Å². The van der Waals surface area contributed by atoms with E-state index in [4.69, 9.17) is 5.11 Å². The lowest BCUT2D eigenvalue weighted by Crippen LogP contribution is -2.20. The predicted octanol–water partition coefficient (Wildman–Crippen LogP) is 1.60. The van der Waals surface area contributed by atoms with Crippen LogP contribution in [0.4, 0.5) is 0 Å². The molecule has 2 unspecified atom stereocenters. The molecule has 1 N–H and O–H groups in total. The van der Waals surface area contributed by atoms with Crippen molar-refractivity contribution in [2.45, 2.75) is 25.0 Å². The molecule has 1 heterocycles. The monoisotopic (exact) mass is 160 g/mol. The molecular formula is C7H12O2S. The molecule has 1 aliphatic rings. The fourth-order valence-corrected chi connectivity index (χ4v) is 2.53. The summed E-state index contributed by atoms with van der Waals surface area (Å²) >= 11 is 1.80. The van der Waals surface area contributed by atoms with Crippen molar-refractivity contribution < 1.29 is 9.90 Å². The largest absolute Gasteiger partial charge is 0.481 e. The lowest BCUT2D eigenvalue weighted by atomic mass is 10.0. The second-order valence-corrected chi connectivity index (χ2v) is 4.03. The highest BCUT2D eigenvalue weighted by molar-refractivity contribution is 8.00. The first-order chi connectivity index (χ1) is 4.72. The lowest BCUT2D eigenvalue weighted by molar-refractivity contribution is -0.141. The van der Waals surface area contributed by atoms with Crippen LogP contribution in [0.3, 0.4) is 0 Å². The minimum absolute atomic E-state index is 0.160. The molecule has 1 rings (SSSR count). The Balaban J connectivity index is 2.39. The van der Waals surface area contributed by atoms with E-state index < -0.39 is 5.97 Å². The third-order valence-corrected chi connectivity index (χ3v) is 3.51. The van der Waals surface area contributed by atoms with Gasteiger partial charge < -0.3 is 5.11 Å². The van der Waals surface area contributed by atoms with Crippen LogP contribution in [0.15, 0.2) is 0 Å². The molecule has 0 aliphatic carbocycles. The van der Waals surface area contributed by atoms with E-state index >= 15 is 0 Å². The molecule has 2 atom stereocenters. The van der Waals surface area contributed by atoms with Gasteiger partial charge in [0.2, 0.25) is 0 Å². The first-order valence-corrected chi connectivity index (χ1v) is 4.61. The number of hydrogen-bond donors (Lipinski definition) is 1. The van der Waals surface area contributed by atoms with E-state index in [9.17, 15) is 4.79 Å². The van der Waals surface area contributed by atoms with Crippen molar-refractivity contribution in [3.8, 4) is 0 Å². The molecule has 58 valence electrons. The molecule has 0 aromatic carbocycles. The van der Waals surface area contributed by atoms with Crippen LogP contribution in [0, 0.1) is 5.92 Å². The Labute approximate surface area is 65.0 Å². The number of hydrogen-bond acceptors (Lipinski definition) is 2. The Kier molecular flexibility index (Phi) is 2.60. The second kappa shape index (κ2) is 3.28. The van der Waals surface area contributed by atoms with Crippen molar-refractivity contribution in [1.82, 2.24) is 0 Å². The normalized spacial score (nSPS) is 28.3. The van der Waals surface area contributed by atoms with E-state index in [0.29, 0.717) is 5.25 Å². The summed E-state index contributed by atoms with van der Waals surface area (Å²) in [5, 5.41) is 9.00. The average molecular weight is 160 g/mol. The highest BCUT2D eigenvalue weighted by Gasteiger charge is 2.26. The van der Waals surface area contributed by atoms with Crippen molar-refractivity contribution in [3.05, 3.63) is 0 Å². The van der Waals surface area contributed by atoms with Crippen molar-refractivity contribution in [1.29, 1.82) is 0 Å². The summed E-state index contributed by atoms with van der Waals surface area (Å²) in [6.45, 7) is 1.80. The number of carboxylic acid groups (broad SMARTS) is 1. The Bertz CT molecular complexity index is 130. The third kappa shape index (κ3) is 1.66. The molecule has 0 saturated carbocycles. The van der Waals surface area contributed by atoms with Crippen LogP contribution in [0.2, 0.25) is 0 Å². The summed E-state index contributed by atoms with van der Waals surface area (Å²) in [4.78, 5) is 10.5. The van der Waals surface area contributed by atoms with Crippen molar-refractivity contribution >= 4 is 17.7 Å². The van der Waals surface area contributed by atoms with Crippen LogP contribution in [-0.2, 0) is 4.79 Å². The summed E-state index contributed by atoms with van der Waals surface area (Å²) in [7, 11) is 0.